The van der Waals surface area contributed by atoms with E-state index in [-0.39, 0.29) is 24.0 Å². The highest BCUT2D eigenvalue weighted by Crippen LogP contribution is 2.28. The Labute approximate surface area is 132 Å². The molecule has 0 radical (unpaired) electrons. The van der Waals surface area contributed by atoms with Gasteiger partial charge in [-0.2, -0.15) is 11.8 Å². The van der Waals surface area contributed by atoms with Gasteiger partial charge in [-0.15, -0.1) is 24.0 Å². The minimum Gasteiger partial charge on any atom is -0.381 e. The van der Waals surface area contributed by atoms with Crippen LogP contribution in [0.3, 0.4) is 0 Å². The van der Waals surface area contributed by atoms with Crippen LogP contribution in [-0.2, 0) is 4.74 Å². The van der Waals surface area contributed by atoms with Gasteiger partial charge in [-0.05, 0) is 31.4 Å². The number of hydrogen-bond donors (Lipinski definition) is 2. The van der Waals surface area contributed by atoms with Crippen LogP contribution in [0.5, 0.6) is 0 Å². The highest BCUT2D eigenvalue weighted by atomic mass is 127. The number of rotatable bonds is 9. The summed E-state index contributed by atoms with van der Waals surface area (Å²) in [6, 6.07) is 0. The summed E-state index contributed by atoms with van der Waals surface area (Å²) in [6.45, 7) is 3.69. The Morgan fingerprint density at radius 2 is 2.06 bits per heavy atom. The Balaban J connectivity index is 0.00000289. The van der Waals surface area contributed by atoms with Crippen molar-refractivity contribution in [1.29, 1.82) is 0 Å². The number of guanidine groups is 1. The third-order valence-electron chi connectivity index (χ3n) is 2.63. The van der Waals surface area contributed by atoms with Gasteiger partial charge < -0.3 is 15.4 Å². The van der Waals surface area contributed by atoms with Crippen molar-refractivity contribution >= 4 is 41.7 Å². The summed E-state index contributed by atoms with van der Waals surface area (Å²) in [5, 5.41) is 6.55. The van der Waals surface area contributed by atoms with Gasteiger partial charge in [0.15, 0.2) is 5.96 Å². The maximum Gasteiger partial charge on any atom is 0.191 e. The molecule has 1 fully saturated rings. The van der Waals surface area contributed by atoms with E-state index in [9.17, 15) is 0 Å². The van der Waals surface area contributed by atoms with Crippen molar-refractivity contribution in [2.45, 2.75) is 19.3 Å². The van der Waals surface area contributed by atoms with Crippen LogP contribution in [0.25, 0.3) is 0 Å². The van der Waals surface area contributed by atoms with E-state index >= 15 is 0 Å². The minimum absolute atomic E-state index is 0. The second kappa shape index (κ2) is 12.3. The van der Waals surface area contributed by atoms with Crippen molar-refractivity contribution in [1.82, 2.24) is 10.6 Å². The van der Waals surface area contributed by atoms with Crippen LogP contribution in [0.4, 0.5) is 0 Å². The van der Waals surface area contributed by atoms with Crippen molar-refractivity contribution in [2.75, 3.05) is 45.4 Å². The molecule has 0 amide bonds. The minimum atomic E-state index is 0. The van der Waals surface area contributed by atoms with Gasteiger partial charge >= 0.3 is 0 Å². The van der Waals surface area contributed by atoms with E-state index in [2.05, 4.69) is 21.9 Å². The largest absolute Gasteiger partial charge is 0.381 e. The fourth-order valence-electron chi connectivity index (χ4n) is 1.41. The van der Waals surface area contributed by atoms with Crippen molar-refractivity contribution in [3.63, 3.8) is 0 Å². The van der Waals surface area contributed by atoms with Gasteiger partial charge in [0.25, 0.3) is 0 Å². The van der Waals surface area contributed by atoms with Crippen molar-refractivity contribution < 1.29 is 4.74 Å². The average molecular weight is 387 g/mol. The van der Waals surface area contributed by atoms with Crippen LogP contribution in [0.15, 0.2) is 4.99 Å². The first-order valence-electron chi connectivity index (χ1n) is 6.38. The second-order valence-corrected chi connectivity index (χ2v) is 5.28. The normalized spacial score (nSPS) is 15.1. The molecule has 0 aromatic carbocycles. The zero-order chi connectivity index (χ0) is 12.3. The van der Waals surface area contributed by atoms with Gasteiger partial charge in [-0.3, -0.25) is 4.99 Å². The molecule has 1 aliphatic carbocycles. The molecule has 6 heteroatoms. The third-order valence-corrected chi connectivity index (χ3v) is 3.24. The van der Waals surface area contributed by atoms with E-state index < -0.39 is 0 Å². The molecular formula is C12H26IN3OS. The Kier molecular flexibility index (Phi) is 12.6. The average Bonchev–Trinajstić information content (AvgIpc) is 3.15. The third kappa shape index (κ3) is 10.3. The Hall–Kier alpha value is 0.310. The number of halogens is 1. The summed E-state index contributed by atoms with van der Waals surface area (Å²) in [6.07, 6.45) is 5.87. The number of ether oxygens (including phenoxy) is 1. The molecule has 1 rings (SSSR count). The van der Waals surface area contributed by atoms with E-state index in [4.69, 9.17) is 4.74 Å². The van der Waals surface area contributed by atoms with E-state index in [1.54, 1.807) is 7.05 Å². The summed E-state index contributed by atoms with van der Waals surface area (Å²) in [7, 11) is 1.80. The number of nitrogens with zero attached hydrogens (tertiary/aromatic N) is 1. The number of thioether (sulfide) groups is 1. The lowest BCUT2D eigenvalue weighted by Gasteiger charge is -2.11. The highest BCUT2D eigenvalue weighted by molar-refractivity contribution is 14.0. The summed E-state index contributed by atoms with van der Waals surface area (Å²) in [5.41, 5.74) is 0. The molecule has 108 valence electrons. The van der Waals surface area contributed by atoms with Crippen LogP contribution < -0.4 is 10.6 Å². The Bertz CT molecular complexity index is 225. The fraction of sp³-hybridized carbons (Fsp3) is 0.917. The van der Waals surface area contributed by atoms with E-state index in [0.717, 1.165) is 50.4 Å². The van der Waals surface area contributed by atoms with Crippen LogP contribution in [-0.4, -0.2) is 51.3 Å². The summed E-state index contributed by atoms with van der Waals surface area (Å²) >= 11 is 1.83. The summed E-state index contributed by atoms with van der Waals surface area (Å²) in [5.74, 6) is 2.86. The van der Waals surface area contributed by atoms with Gasteiger partial charge in [0.2, 0.25) is 0 Å². The Morgan fingerprint density at radius 1 is 1.33 bits per heavy atom. The van der Waals surface area contributed by atoms with Crippen molar-refractivity contribution in [2.24, 2.45) is 10.9 Å². The predicted octanol–water partition coefficient (Wildman–Crippen LogP) is 1.95. The maximum absolute atomic E-state index is 5.57. The van der Waals surface area contributed by atoms with Crippen molar-refractivity contribution in [3.05, 3.63) is 0 Å². The molecule has 0 aromatic rings. The first-order valence-corrected chi connectivity index (χ1v) is 7.77. The number of aliphatic imine (C=N–C) groups is 1. The molecule has 1 saturated carbocycles. The quantitative estimate of drug-likeness (QED) is 0.275. The van der Waals surface area contributed by atoms with E-state index in [1.807, 2.05) is 11.8 Å². The number of hydrogen-bond acceptors (Lipinski definition) is 3. The van der Waals surface area contributed by atoms with Gasteiger partial charge in [-0.1, -0.05) is 0 Å². The highest BCUT2D eigenvalue weighted by Gasteiger charge is 2.20. The molecule has 0 aromatic heterocycles. The molecule has 0 saturated heterocycles. The van der Waals surface area contributed by atoms with Crippen LogP contribution in [0.2, 0.25) is 0 Å². The molecule has 0 bridgehead atoms. The molecule has 1 aliphatic rings. The second-order valence-electron chi connectivity index (χ2n) is 4.29. The zero-order valence-electron chi connectivity index (χ0n) is 11.4. The zero-order valence-corrected chi connectivity index (χ0v) is 14.6. The van der Waals surface area contributed by atoms with Gasteiger partial charge in [-0.25, -0.2) is 0 Å². The van der Waals surface area contributed by atoms with Crippen LogP contribution in [0.1, 0.15) is 19.3 Å². The first kappa shape index (κ1) is 18.3. The van der Waals surface area contributed by atoms with Crippen LogP contribution >= 0.6 is 35.7 Å². The molecule has 0 atom stereocenters. The first-order chi connectivity index (χ1) is 8.36. The Morgan fingerprint density at radius 3 is 2.67 bits per heavy atom. The molecule has 0 heterocycles. The monoisotopic (exact) mass is 387 g/mol. The van der Waals surface area contributed by atoms with Gasteiger partial charge in [0.1, 0.15) is 0 Å². The summed E-state index contributed by atoms with van der Waals surface area (Å²) < 4.78 is 5.57. The van der Waals surface area contributed by atoms with Gasteiger partial charge in [0, 0.05) is 39.1 Å². The predicted molar refractivity (Wildman–Crippen MR) is 91.3 cm³/mol. The summed E-state index contributed by atoms with van der Waals surface area (Å²) in [4.78, 5) is 4.16. The smallest absolute Gasteiger partial charge is 0.191 e. The standard InChI is InChI=1S/C12H25N3OS.HI/c1-13-12(15-7-9-17-2)14-6-3-8-16-10-11-4-5-11;/h11H,3-10H2,1-2H3,(H2,13,14,15);1H. The lowest BCUT2D eigenvalue weighted by Crippen LogP contribution is -2.39. The molecule has 18 heavy (non-hydrogen) atoms. The van der Waals surface area contributed by atoms with E-state index in [0.29, 0.717) is 0 Å². The molecule has 4 nitrogen and oxygen atoms in total. The molecule has 0 spiro atoms. The lowest BCUT2D eigenvalue weighted by molar-refractivity contribution is 0.123. The molecule has 2 N–H and O–H groups in total. The van der Waals surface area contributed by atoms with Crippen molar-refractivity contribution in [3.8, 4) is 0 Å². The number of nitrogens with one attached hydrogen (secondary N) is 2. The van der Waals surface area contributed by atoms with E-state index in [1.165, 1.54) is 12.8 Å². The molecule has 0 aliphatic heterocycles. The molecule has 0 unspecified atom stereocenters. The maximum atomic E-state index is 5.57. The van der Waals surface area contributed by atoms with Crippen LogP contribution in [0, 0.1) is 5.92 Å². The topological polar surface area (TPSA) is 45.7 Å². The SMILES string of the molecule is CN=C(NCCCOCC1CC1)NCCSC.I. The van der Waals surface area contributed by atoms with Gasteiger partial charge in [0.05, 0.1) is 0 Å². The molecular weight excluding hydrogens is 361 g/mol. The fourth-order valence-corrected chi connectivity index (χ4v) is 1.71. The lowest BCUT2D eigenvalue weighted by atomic mass is 10.4.